The van der Waals surface area contributed by atoms with E-state index in [4.69, 9.17) is 5.11 Å². The van der Waals surface area contributed by atoms with Crippen LogP contribution in [0.5, 0.6) is 0 Å². The van der Waals surface area contributed by atoms with Crippen molar-refractivity contribution in [3.8, 4) is 0 Å². The summed E-state index contributed by atoms with van der Waals surface area (Å²) in [5.74, 6) is -1.01. The molecule has 2 unspecified atom stereocenters. The van der Waals surface area contributed by atoms with Crippen LogP contribution in [0.3, 0.4) is 0 Å². The monoisotopic (exact) mass is 297 g/mol. The quantitative estimate of drug-likeness (QED) is 0.889. The molecular weight excluding hydrogens is 278 g/mol. The number of carbonyl (C=O) groups is 1. The zero-order valence-electron chi connectivity index (χ0n) is 11.4. The minimum atomic E-state index is -3.18. The minimum Gasteiger partial charge on any atom is -0.481 e. The first-order valence-electron chi connectivity index (χ1n) is 6.66. The predicted molar refractivity (Wildman–Crippen MR) is 76.6 cm³/mol. The first-order valence-corrected chi connectivity index (χ1v) is 8.55. The highest BCUT2D eigenvalue weighted by Crippen LogP contribution is 2.27. The first kappa shape index (κ1) is 14.8. The van der Waals surface area contributed by atoms with Gasteiger partial charge in [-0.3, -0.25) is 4.79 Å². The molecule has 0 radical (unpaired) electrons. The maximum atomic E-state index is 11.4. The van der Waals surface area contributed by atoms with Gasteiger partial charge in [0.2, 0.25) is 0 Å². The first-order chi connectivity index (χ1) is 9.36. The van der Waals surface area contributed by atoms with Gasteiger partial charge in [-0.15, -0.1) is 0 Å². The number of nitrogens with one attached hydrogen (secondary N) is 1. The van der Waals surface area contributed by atoms with Crippen molar-refractivity contribution in [1.29, 1.82) is 0 Å². The van der Waals surface area contributed by atoms with Gasteiger partial charge in [-0.25, -0.2) is 8.42 Å². The lowest BCUT2D eigenvalue weighted by Crippen LogP contribution is -2.30. The summed E-state index contributed by atoms with van der Waals surface area (Å²) in [5.41, 5.74) is 0.827. The average Bonchev–Trinajstić information content (AvgIpc) is 2.38. The number of sulfone groups is 1. The van der Waals surface area contributed by atoms with Gasteiger partial charge in [-0.2, -0.15) is 0 Å². The van der Waals surface area contributed by atoms with Crippen LogP contribution in [-0.4, -0.2) is 31.8 Å². The molecule has 0 saturated heterocycles. The number of rotatable bonds is 4. The lowest BCUT2D eigenvalue weighted by molar-refractivity contribution is -0.142. The molecule has 1 aromatic rings. The standard InChI is InChI=1S/C14H19NO4S/c1-20(18,19)13-7-5-11(6-8-13)15-12-4-2-3-10(9-12)14(16)17/h5-8,10,12,15H,2-4,9H2,1H3,(H,16,17). The molecule has 110 valence electrons. The van der Waals surface area contributed by atoms with Crippen LogP contribution in [-0.2, 0) is 14.6 Å². The molecule has 0 aromatic heterocycles. The van der Waals surface area contributed by atoms with Crippen LogP contribution in [0, 0.1) is 5.92 Å². The van der Waals surface area contributed by atoms with Crippen molar-refractivity contribution in [1.82, 2.24) is 0 Å². The summed E-state index contributed by atoms with van der Waals surface area (Å²) in [4.78, 5) is 11.3. The molecule has 0 aliphatic heterocycles. The predicted octanol–water partition coefficient (Wildman–Crippen LogP) is 2.15. The molecule has 2 rings (SSSR count). The van der Waals surface area contributed by atoms with Gasteiger partial charge in [0.15, 0.2) is 9.84 Å². The molecule has 2 atom stereocenters. The summed E-state index contributed by atoms with van der Waals surface area (Å²) < 4.78 is 22.7. The lowest BCUT2D eigenvalue weighted by atomic mass is 9.85. The molecule has 6 heteroatoms. The molecule has 0 spiro atoms. The van der Waals surface area contributed by atoms with Crippen molar-refractivity contribution in [2.75, 3.05) is 11.6 Å². The average molecular weight is 297 g/mol. The van der Waals surface area contributed by atoms with E-state index in [-0.39, 0.29) is 16.9 Å². The van der Waals surface area contributed by atoms with E-state index in [2.05, 4.69) is 5.32 Å². The Balaban J connectivity index is 2.01. The van der Waals surface area contributed by atoms with Crippen molar-refractivity contribution in [3.63, 3.8) is 0 Å². The third-order valence-electron chi connectivity index (χ3n) is 3.68. The molecule has 20 heavy (non-hydrogen) atoms. The Morgan fingerprint density at radius 2 is 1.90 bits per heavy atom. The molecule has 1 aliphatic rings. The summed E-state index contributed by atoms with van der Waals surface area (Å²) in [6, 6.07) is 6.71. The molecule has 1 aromatic carbocycles. The van der Waals surface area contributed by atoms with Gasteiger partial charge >= 0.3 is 5.97 Å². The largest absolute Gasteiger partial charge is 0.481 e. The number of carboxylic acids is 1. The van der Waals surface area contributed by atoms with Gasteiger partial charge in [-0.1, -0.05) is 6.42 Å². The van der Waals surface area contributed by atoms with Crippen LogP contribution < -0.4 is 5.32 Å². The van der Waals surface area contributed by atoms with Crippen LogP contribution in [0.4, 0.5) is 5.69 Å². The van der Waals surface area contributed by atoms with Crippen molar-refractivity contribution in [2.24, 2.45) is 5.92 Å². The summed E-state index contributed by atoms with van der Waals surface area (Å²) in [7, 11) is -3.18. The van der Waals surface area contributed by atoms with Gasteiger partial charge in [0.05, 0.1) is 10.8 Å². The number of hydrogen-bond acceptors (Lipinski definition) is 4. The number of anilines is 1. The fourth-order valence-electron chi connectivity index (χ4n) is 2.58. The van der Waals surface area contributed by atoms with Crippen LogP contribution in [0.15, 0.2) is 29.2 Å². The second-order valence-corrected chi connectivity index (χ2v) is 7.36. The molecule has 1 fully saturated rings. The highest BCUT2D eigenvalue weighted by atomic mass is 32.2. The van der Waals surface area contributed by atoms with E-state index in [0.29, 0.717) is 6.42 Å². The van der Waals surface area contributed by atoms with E-state index in [1.807, 2.05) is 0 Å². The fourth-order valence-corrected chi connectivity index (χ4v) is 3.21. The van der Waals surface area contributed by atoms with Gasteiger partial charge < -0.3 is 10.4 Å². The maximum absolute atomic E-state index is 11.4. The summed E-state index contributed by atoms with van der Waals surface area (Å²) in [6.07, 6.45) is 4.37. The SMILES string of the molecule is CS(=O)(=O)c1ccc(NC2CCCC(C(=O)O)C2)cc1. The second kappa shape index (κ2) is 5.83. The highest BCUT2D eigenvalue weighted by Gasteiger charge is 2.26. The molecule has 0 bridgehead atoms. The summed E-state index contributed by atoms with van der Waals surface area (Å²) in [6.45, 7) is 0. The van der Waals surface area contributed by atoms with Crippen LogP contribution >= 0.6 is 0 Å². The second-order valence-electron chi connectivity index (χ2n) is 5.34. The van der Waals surface area contributed by atoms with E-state index in [9.17, 15) is 13.2 Å². The maximum Gasteiger partial charge on any atom is 0.306 e. The Bertz CT molecular complexity index is 580. The number of aliphatic carboxylic acids is 1. The molecule has 1 saturated carbocycles. The Kier molecular flexibility index (Phi) is 4.32. The molecule has 0 amide bonds. The topological polar surface area (TPSA) is 83.5 Å². The Labute approximate surface area is 118 Å². The van der Waals surface area contributed by atoms with Crippen LogP contribution in [0.2, 0.25) is 0 Å². The van der Waals surface area contributed by atoms with Gasteiger partial charge in [0.1, 0.15) is 0 Å². The number of carboxylic acid groups (broad SMARTS) is 1. The zero-order valence-corrected chi connectivity index (χ0v) is 12.2. The van der Waals surface area contributed by atoms with E-state index < -0.39 is 15.8 Å². The normalized spacial score (nSPS) is 23.2. The van der Waals surface area contributed by atoms with Gasteiger partial charge in [0.25, 0.3) is 0 Å². The summed E-state index contributed by atoms with van der Waals surface area (Å²) >= 11 is 0. The Hall–Kier alpha value is -1.56. The van der Waals surface area contributed by atoms with Crippen molar-refractivity contribution in [2.45, 2.75) is 36.6 Å². The molecule has 1 aliphatic carbocycles. The minimum absolute atomic E-state index is 0.133. The third kappa shape index (κ3) is 3.72. The zero-order chi connectivity index (χ0) is 14.8. The van der Waals surface area contributed by atoms with E-state index in [1.54, 1.807) is 24.3 Å². The van der Waals surface area contributed by atoms with Crippen molar-refractivity contribution < 1.29 is 18.3 Å². The summed E-state index contributed by atoms with van der Waals surface area (Å²) in [5, 5.41) is 12.3. The van der Waals surface area contributed by atoms with Crippen molar-refractivity contribution in [3.05, 3.63) is 24.3 Å². The molecule has 2 N–H and O–H groups in total. The van der Waals surface area contributed by atoms with E-state index >= 15 is 0 Å². The van der Waals surface area contributed by atoms with Crippen molar-refractivity contribution >= 4 is 21.5 Å². The van der Waals surface area contributed by atoms with E-state index in [1.165, 1.54) is 6.26 Å². The molecular formula is C14H19NO4S. The van der Waals surface area contributed by atoms with Crippen LogP contribution in [0.25, 0.3) is 0 Å². The fraction of sp³-hybridized carbons (Fsp3) is 0.500. The molecule has 0 heterocycles. The van der Waals surface area contributed by atoms with E-state index in [0.717, 1.165) is 24.9 Å². The number of hydrogen-bond donors (Lipinski definition) is 2. The number of benzene rings is 1. The Morgan fingerprint density at radius 3 is 2.45 bits per heavy atom. The third-order valence-corrected chi connectivity index (χ3v) is 4.81. The van der Waals surface area contributed by atoms with Gasteiger partial charge in [-0.05, 0) is 43.5 Å². The van der Waals surface area contributed by atoms with Gasteiger partial charge in [0, 0.05) is 18.0 Å². The lowest BCUT2D eigenvalue weighted by Gasteiger charge is -2.28. The highest BCUT2D eigenvalue weighted by molar-refractivity contribution is 7.90. The smallest absolute Gasteiger partial charge is 0.306 e. The Morgan fingerprint density at radius 1 is 1.25 bits per heavy atom. The molecule has 5 nitrogen and oxygen atoms in total. The van der Waals surface area contributed by atoms with Crippen LogP contribution in [0.1, 0.15) is 25.7 Å².